The van der Waals surface area contributed by atoms with E-state index in [2.05, 4.69) is 46.4 Å². The second-order valence-electron chi connectivity index (χ2n) is 8.67. The van der Waals surface area contributed by atoms with Gasteiger partial charge >= 0.3 is 0 Å². The van der Waals surface area contributed by atoms with Crippen molar-refractivity contribution in [3.05, 3.63) is 145 Å². The maximum atomic E-state index is 11.6. The summed E-state index contributed by atoms with van der Waals surface area (Å²) in [5.74, 6) is 0.193. The van der Waals surface area contributed by atoms with Gasteiger partial charge in [-0.15, -0.1) is 0 Å². The van der Waals surface area contributed by atoms with E-state index in [9.17, 15) is 10.2 Å². The molecule has 0 saturated carbocycles. The third-order valence-electron chi connectivity index (χ3n) is 6.14. The van der Waals surface area contributed by atoms with Gasteiger partial charge in [0.2, 0.25) is 0 Å². The number of benzene rings is 6. The molecule has 6 aromatic carbocycles. The van der Waals surface area contributed by atoms with Crippen LogP contribution in [0.25, 0.3) is 21.5 Å². The minimum absolute atomic E-state index is 0. The van der Waals surface area contributed by atoms with Gasteiger partial charge in [-0.05, 0) is 45.5 Å². The van der Waals surface area contributed by atoms with Crippen molar-refractivity contribution in [3.8, 4) is 11.5 Å². The van der Waals surface area contributed by atoms with Gasteiger partial charge in [0.25, 0.3) is 0 Å². The van der Waals surface area contributed by atoms with Crippen LogP contribution in [0.4, 0.5) is 11.4 Å². The van der Waals surface area contributed by atoms with Crippen molar-refractivity contribution in [1.29, 1.82) is 0 Å². The summed E-state index contributed by atoms with van der Waals surface area (Å²) in [6.45, 7) is 0. The van der Waals surface area contributed by atoms with Gasteiger partial charge in [-0.1, -0.05) is 109 Å². The fourth-order valence-corrected chi connectivity index (χ4v) is 4.19. The zero-order chi connectivity index (χ0) is 26.2. The van der Waals surface area contributed by atoms with E-state index in [4.69, 9.17) is 0 Å². The topological polar surface area (TPSA) is 69.6 Å². The minimum atomic E-state index is -0.000938. The Balaban J connectivity index is 0.000000176. The van der Waals surface area contributed by atoms with Gasteiger partial charge in [0.1, 0.15) is 11.4 Å². The molecule has 0 aliphatic rings. The molecule has 5 heteroatoms. The van der Waals surface area contributed by atoms with E-state index in [1.165, 1.54) is 16.2 Å². The van der Waals surface area contributed by atoms with Crippen LogP contribution in [0.1, 0.15) is 11.1 Å². The Morgan fingerprint density at radius 2 is 1.13 bits per heavy atom. The number of aromatic hydroxyl groups is 1. The number of hydrogen-bond donors (Lipinski definition) is 2. The normalized spacial score (nSPS) is 10.9. The van der Waals surface area contributed by atoms with E-state index in [0.717, 1.165) is 16.5 Å². The molecule has 186 valence electrons. The van der Waals surface area contributed by atoms with Crippen LogP contribution in [-0.2, 0) is 0 Å². The van der Waals surface area contributed by atoms with Crippen molar-refractivity contribution >= 4 is 64.2 Å². The third-order valence-corrected chi connectivity index (χ3v) is 6.14. The Morgan fingerprint density at radius 1 is 0.590 bits per heavy atom. The van der Waals surface area contributed by atoms with Crippen LogP contribution in [0.2, 0.25) is 0 Å². The monoisotopic (exact) mass is 501 g/mol. The maximum Gasteiger partial charge on any atom is 0.195 e. The number of aliphatic imine (C=N–C) groups is 1. The number of phenols is 1. The minimum Gasteiger partial charge on any atom is -1.00 e. The fourth-order valence-electron chi connectivity index (χ4n) is 4.19. The first-order valence-corrected chi connectivity index (χ1v) is 12.3. The standard InChI is InChI=1S/2C17H13NO.Li/c2*19-17-11-4-3-10-16(17)18-12-14-8-5-7-13-6-1-2-9-15(13)14;/h2*1-12,19H;/q;;-1. The van der Waals surface area contributed by atoms with Gasteiger partial charge in [-0.25, -0.2) is 4.99 Å². The molecule has 39 heavy (non-hydrogen) atoms. The first-order valence-electron chi connectivity index (χ1n) is 12.3. The fraction of sp³-hybridized carbons (Fsp3) is 0. The van der Waals surface area contributed by atoms with Gasteiger partial charge in [0.15, 0.2) is 11.9 Å². The summed E-state index contributed by atoms with van der Waals surface area (Å²) in [6.07, 6.45) is 3.66. The number of nitrogens with zero attached hydrogens (tertiary/aromatic N) is 1. The van der Waals surface area contributed by atoms with E-state index in [1.54, 1.807) is 42.6 Å². The summed E-state index contributed by atoms with van der Waals surface area (Å²) in [7, 11) is 0. The Kier molecular flexibility index (Phi) is 9.32. The molecule has 4 nitrogen and oxygen atoms in total. The van der Waals surface area contributed by atoms with Crippen LogP contribution in [0.5, 0.6) is 11.5 Å². The summed E-state index contributed by atoms with van der Waals surface area (Å²) in [4.78, 5) is 7.44. The predicted molar refractivity (Wildman–Crippen MR) is 161 cm³/mol. The maximum absolute atomic E-state index is 11.6. The average Bonchev–Trinajstić information content (AvgIpc) is 2.97. The quantitative estimate of drug-likeness (QED) is 0.242. The molecule has 0 heterocycles. The van der Waals surface area contributed by atoms with E-state index in [-0.39, 0.29) is 30.4 Å². The second kappa shape index (κ2) is 13.3. The van der Waals surface area contributed by atoms with Crippen LogP contribution in [0.3, 0.4) is 0 Å². The number of fused-ring (bicyclic) bond motifs is 2. The van der Waals surface area contributed by atoms with Gasteiger partial charge in [-0.2, -0.15) is 0 Å². The third kappa shape index (κ3) is 6.83. The number of phenolic OH excluding ortho intramolecular Hbond substituents is 1. The van der Waals surface area contributed by atoms with Gasteiger partial charge in [0, 0.05) is 23.4 Å². The molecule has 0 atom stereocenters. The summed E-state index contributed by atoms with van der Waals surface area (Å²) in [5, 5.41) is 26.0. The van der Waals surface area contributed by atoms with Crippen LogP contribution in [0.15, 0.2) is 138 Å². The number of para-hydroxylation sites is 4. The predicted octanol–water partition coefficient (Wildman–Crippen LogP) is 5.66. The van der Waals surface area contributed by atoms with Crippen molar-refractivity contribution in [2.75, 3.05) is 0 Å². The van der Waals surface area contributed by atoms with Crippen molar-refractivity contribution in [2.45, 2.75) is 0 Å². The van der Waals surface area contributed by atoms with Crippen molar-refractivity contribution in [1.82, 2.24) is 0 Å². The molecule has 6 aromatic rings. The summed E-state index contributed by atoms with van der Waals surface area (Å²) >= 11 is 0. The van der Waals surface area contributed by atoms with E-state index < -0.39 is 0 Å². The van der Waals surface area contributed by atoms with Crippen molar-refractivity contribution < 1.29 is 15.2 Å². The molecular formula is C34H26LiN2O2-. The molecule has 0 bridgehead atoms. The number of hydrogen-bond acceptors (Lipinski definition) is 3. The molecule has 0 fully saturated rings. The molecule has 0 aliphatic heterocycles. The summed E-state index contributed by atoms with van der Waals surface area (Å²) < 4.78 is 0. The molecule has 2 radical (unpaired) electrons. The van der Waals surface area contributed by atoms with E-state index in [0.29, 0.717) is 11.4 Å². The SMILES string of the molecule is Oc1ccccc1N=Cc1cccc2ccccc12.[Li-].[O-]c1ccccc1[NH+]=Cc1cccc2ccccc12. The molecule has 6 rings (SSSR count). The molecule has 0 saturated heterocycles. The Morgan fingerprint density at radius 3 is 1.82 bits per heavy atom. The van der Waals surface area contributed by atoms with Gasteiger partial charge in [0.05, 0.1) is 0 Å². The number of nitrogens with one attached hydrogen (secondary N) is 1. The first-order chi connectivity index (χ1) is 18.7. The largest absolute Gasteiger partial charge is 1.00 e. The van der Waals surface area contributed by atoms with Crippen LogP contribution in [0, 0.1) is 0 Å². The molecule has 0 unspecified atom stereocenters. The smallest absolute Gasteiger partial charge is 0.195 e. The molecule has 2 N–H and O–H groups in total. The van der Waals surface area contributed by atoms with Crippen LogP contribution >= 0.6 is 0 Å². The number of rotatable bonds is 4. The Hall–Kier alpha value is -4.62. The molecule has 0 aromatic heterocycles. The van der Waals surface area contributed by atoms with Crippen LogP contribution < -0.4 is 10.1 Å². The molecule has 0 aliphatic carbocycles. The molecule has 0 spiro atoms. The second-order valence-corrected chi connectivity index (χ2v) is 8.67. The zero-order valence-electron chi connectivity index (χ0n) is 21.7. The Labute approximate surface area is 239 Å². The van der Waals surface area contributed by atoms with Gasteiger partial charge in [-0.3, -0.25) is 4.99 Å². The zero-order valence-corrected chi connectivity index (χ0v) is 21.7. The Bertz CT molecular complexity index is 1620. The summed E-state index contributed by atoms with van der Waals surface area (Å²) in [5.41, 5.74) is 3.29. The van der Waals surface area contributed by atoms with Crippen molar-refractivity contribution in [3.63, 3.8) is 0 Å². The van der Waals surface area contributed by atoms with Crippen LogP contribution in [-0.4, -0.2) is 36.4 Å². The van der Waals surface area contributed by atoms with Crippen molar-refractivity contribution in [2.24, 2.45) is 4.99 Å². The molecule has 0 amide bonds. The average molecular weight is 502 g/mol. The summed E-state index contributed by atoms with van der Waals surface area (Å²) in [6, 6.07) is 42.6. The molecular weight excluding hydrogens is 475 g/mol. The van der Waals surface area contributed by atoms with E-state index in [1.807, 2.05) is 66.9 Å². The van der Waals surface area contributed by atoms with Gasteiger partial charge < -0.3 is 29.1 Å². The van der Waals surface area contributed by atoms with E-state index >= 15 is 0 Å². The first kappa shape index (κ1) is 27.4.